The second-order valence-corrected chi connectivity index (χ2v) is 20.9. The molecule has 6 aromatic rings. The first-order chi connectivity index (χ1) is 36.6. The quantitative estimate of drug-likeness (QED) is 0.0246. The van der Waals surface area contributed by atoms with Crippen LogP contribution in [0.15, 0.2) is 155 Å². The van der Waals surface area contributed by atoms with Gasteiger partial charge in [-0.15, -0.1) is 0 Å². The summed E-state index contributed by atoms with van der Waals surface area (Å²) in [5, 5.41) is 7.21. The molecule has 6 aromatic carbocycles. The van der Waals surface area contributed by atoms with Crippen molar-refractivity contribution in [2.45, 2.75) is 97.8 Å². The first-order valence-electron chi connectivity index (χ1n) is 26.2. The van der Waals surface area contributed by atoms with Gasteiger partial charge in [-0.2, -0.15) is 13.0 Å². The average Bonchev–Trinajstić information content (AvgIpc) is 3.39. The van der Waals surface area contributed by atoms with E-state index in [9.17, 15) is 22.6 Å². The number of hydrogen-bond acceptors (Lipinski definition) is 8. The third-order valence-electron chi connectivity index (χ3n) is 13.6. The van der Waals surface area contributed by atoms with Crippen LogP contribution in [-0.4, -0.2) is 51.1 Å². The van der Waals surface area contributed by atoms with Crippen molar-refractivity contribution in [1.82, 2.24) is 4.58 Å². The van der Waals surface area contributed by atoms with Crippen molar-refractivity contribution in [3.8, 4) is 33.9 Å². The minimum atomic E-state index is -4.62. The number of anilines is 4. The number of nitrogens with zero attached hydrogens (tertiary/aromatic N) is 2. The molecule has 0 radical (unpaired) electrons. The van der Waals surface area contributed by atoms with E-state index < -0.39 is 10.1 Å². The van der Waals surface area contributed by atoms with E-state index in [2.05, 4.69) is 108 Å². The molecule has 8 rings (SSSR count). The lowest BCUT2D eigenvalue weighted by molar-refractivity contribution is -0.115. The molecule has 0 spiro atoms. The van der Waals surface area contributed by atoms with Crippen LogP contribution in [0.2, 0.25) is 0 Å². The highest BCUT2D eigenvalue weighted by atomic mass is 32.2. The lowest BCUT2D eigenvalue weighted by atomic mass is 9.93. The number of nitrogens with one attached hydrogen (secondary N) is 2. The Morgan fingerprint density at radius 3 is 1.72 bits per heavy atom. The zero-order valence-electron chi connectivity index (χ0n) is 44.4. The second-order valence-electron chi connectivity index (χ2n) is 19.5. The number of rotatable bonds is 23. The van der Waals surface area contributed by atoms with E-state index in [1.165, 1.54) is 19.9 Å². The van der Waals surface area contributed by atoms with Crippen molar-refractivity contribution in [2.75, 3.05) is 41.8 Å². The van der Waals surface area contributed by atoms with E-state index in [0.717, 1.165) is 132 Å². The second kappa shape index (κ2) is 25.2. The number of unbranched alkanes of at least 4 members (excludes halogenated alkanes) is 6. The van der Waals surface area contributed by atoms with Gasteiger partial charge in [-0.1, -0.05) is 67.4 Å². The molecule has 12 nitrogen and oxygen atoms in total. The van der Waals surface area contributed by atoms with Crippen LogP contribution in [-0.2, 0) is 19.7 Å². The molecule has 0 fully saturated rings. The molecule has 0 bridgehead atoms. The molecule has 1 aliphatic carbocycles. The number of fused-ring (bicyclic) bond motifs is 2. The number of hydrogen-bond donors (Lipinski definition) is 3. The summed E-state index contributed by atoms with van der Waals surface area (Å²) in [6, 6.07) is 46.4. The summed E-state index contributed by atoms with van der Waals surface area (Å²) in [6.07, 6.45) is 7.55. The highest BCUT2D eigenvalue weighted by Gasteiger charge is 2.26. The third kappa shape index (κ3) is 13.7. The molecule has 394 valence electrons. The first-order valence-corrected chi connectivity index (χ1v) is 27.7. The fourth-order valence-electron chi connectivity index (χ4n) is 10.1. The minimum absolute atomic E-state index is 0.113. The molecule has 0 unspecified atom stereocenters. The van der Waals surface area contributed by atoms with Gasteiger partial charge in [-0.3, -0.25) is 14.1 Å². The summed E-state index contributed by atoms with van der Waals surface area (Å²) in [5.41, 5.74) is 11.6. The summed E-state index contributed by atoms with van der Waals surface area (Å²) in [6.45, 7) is 14.2. The number of aryl methyl sites for hydroxylation is 4. The molecule has 0 aromatic heterocycles. The van der Waals surface area contributed by atoms with Crippen molar-refractivity contribution in [3.05, 3.63) is 173 Å². The molecule has 2 amide bonds. The van der Waals surface area contributed by atoms with E-state index in [-0.39, 0.29) is 16.7 Å². The average molecular weight is 1040 g/mol. The fourth-order valence-corrected chi connectivity index (χ4v) is 10.8. The zero-order valence-corrected chi connectivity index (χ0v) is 45.3. The monoisotopic (exact) mass is 1040 g/mol. The van der Waals surface area contributed by atoms with Crippen LogP contribution in [0.4, 0.5) is 28.4 Å². The van der Waals surface area contributed by atoms with Crippen LogP contribution in [0, 0.1) is 27.7 Å². The number of amides is 2. The lowest BCUT2D eigenvalue weighted by Gasteiger charge is -2.29. The van der Waals surface area contributed by atoms with Crippen LogP contribution in [0.3, 0.4) is 0 Å². The Kier molecular flexibility index (Phi) is 18.1. The fraction of sp³-hybridized carbons (Fsp3) is 0.286. The van der Waals surface area contributed by atoms with Gasteiger partial charge in [0.25, 0.3) is 10.1 Å². The van der Waals surface area contributed by atoms with Crippen molar-refractivity contribution in [3.63, 3.8) is 0 Å². The highest BCUT2D eigenvalue weighted by Crippen LogP contribution is 2.44. The largest absolute Gasteiger partial charge is 0.494 e. The van der Waals surface area contributed by atoms with Gasteiger partial charge in [-0.25, -0.2) is 0 Å². The predicted octanol–water partition coefficient (Wildman–Crippen LogP) is 14.1. The molecule has 3 N–H and O–H groups in total. The van der Waals surface area contributed by atoms with Crippen LogP contribution in [0.5, 0.6) is 11.5 Å². The Hall–Kier alpha value is -7.74. The summed E-state index contributed by atoms with van der Waals surface area (Å²) < 4.78 is 58.2. The molecular formula is C63H69N4O8S+. The molecular weight excluding hydrogens is 973 g/mol. The van der Waals surface area contributed by atoms with Gasteiger partial charge < -0.3 is 29.4 Å². The Labute approximate surface area is 447 Å². The van der Waals surface area contributed by atoms with Crippen LogP contribution < -0.4 is 34.9 Å². The maximum atomic E-state index is 13.1. The van der Waals surface area contributed by atoms with Gasteiger partial charge in [0, 0.05) is 94.9 Å². The van der Waals surface area contributed by atoms with Crippen LogP contribution in [0.1, 0.15) is 87.5 Å². The van der Waals surface area contributed by atoms with Crippen LogP contribution in [0.25, 0.3) is 33.4 Å². The molecule has 1 heterocycles. The smallest absolute Gasteiger partial charge is 0.295 e. The highest BCUT2D eigenvalue weighted by molar-refractivity contribution is 7.86. The molecule has 0 saturated carbocycles. The Bertz CT molecular complexity index is 3440. The summed E-state index contributed by atoms with van der Waals surface area (Å²) in [5.74, 6) is 1.88. The van der Waals surface area contributed by atoms with Crippen molar-refractivity contribution in [1.29, 1.82) is 0 Å². The van der Waals surface area contributed by atoms with Gasteiger partial charge >= 0.3 is 0 Å². The molecule has 13 heteroatoms. The predicted molar refractivity (Wildman–Crippen MR) is 306 cm³/mol. The maximum Gasteiger partial charge on any atom is 0.295 e. The summed E-state index contributed by atoms with van der Waals surface area (Å²) in [7, 11) is -4.62. The number of ether oxygens (including phenoxy) is 2. The molecule has 2 aliphatic rings. The van der Waals surface area contributed by atoms with Crippen molar-refractivity contribution in [2.24, 2.45) is 0 Å². The van der Waals surface area contributed by atoms with Gasteiger partial charge in [-0.05, 0) is 144 Å². The third-order valence-corrected chi connectivity index (χ3v) is 14.5. The van der Waals surface area contributed by atoms with Crippen molar-refractivity contribution < 1.29 is 36.5 Å². The number of benzene rings is 7. The van der Waals surface area contributed by atoms with E-state index in [1.807, 2.05) is 60.7 Å². The zero-order chi connectivity index (χ0) is 53.8. The van der Waals surface area contributed by atoms with Gasteiger partial charge in [0.15, 0.2) is 0 Å². The summed E-state index contributed by atoms with van der Waals surface area (Å²) in [4.78, 5) is 25.0. The Morgan fingerprint density at radius 1 is 0.592 bits per heavy atom. The first kappa shape index (κ1) is 54.5. The molecule has 0 atom stereocenters. The minimum Gasteiger partial charge on any atom is -0.494 e. The summed E-state index contributed by atoms with van der Waals surface area (Å²) >= 11 is 0. The maximum absolute atomic E-state index is 13.1. The van der Waals surface area contributed by atoms with Gasteiger partial charge in [0.2, 0.25) is 22.9 Å². The van der Waals surface area contributed by atoms with E-state index >= 15 is 0 Å². The number of carbonyl (C=O) groups excluding carboxylic acids is 2. The van der Waals surface area contributed by atoms with Crippen LogP contribution >= 0.6 is 0 Å². The Morgan fingerprint density at radius 2 is 1.14 bits per heavy atom. The lowest BCUT2D eigenvalue weighted by Crippen LogP contribution is -2.28. The van der Waals surface area contributed by atoms with E-state index in [1.54, 1.807) is 18.2 Å². The molecule has 1 aliphatic heterocycles. The SMILES string of the molecule is CC(=O)Nc1ccc(OCCCCCCN(c2ccc3c(-c4ccccc4S(=O)(=O)O)c4ccc(=[N+](CCCCCCOc5ccc(NC(C)=O)cc5)c5c(C)cccc5C)cc-4oc3c2)c2c(C)cccc2C)cc1. The van der Waals surface area contributed by atoms with Crippen molar-refractivity contribution >= 4 is 61.3 Å². The molecule has 0 saturated heterocycles. The molecule has 76 heavy (non-hydrogen) atoms. The van der Waals surface area contributed by atoms with Gasteiger partial charge in [0.05, 0.1) is 19.3 Å². The topological polar surface area (TPSA) is 150 Å². The van der Waals surface area contributed by atoms with Gasteiger partial charge in [0.1, 0.15) is 34.3 Å². The standard InChI is InChI=1S/C63H68N4O8S/c1-43-19-17-20-44(2)62(43)66(37-13-7-9-15-39-73-53-31-25-49(26-32-53)64-47(5)68)51-29-35-55-58(41-51)75-59-42-52(30-36-56(59)61(55)57-23-11-12-24-60(57)76(70,71)72)67(63-45(3)21-18-22-46(63)4)38-14-8-10-16-40-74-54-33-27-50(28-34-54)65-48(6)69/h11-12,17-36,41-42H,7-10,13-16,37-40H2,1-6H3,(H2-,64,65,68,69,70,71,72)/p+1. The normalized spacial score (nSPS) is 11.9. The number of carbonyl (C=O) groups is 2. The van der Waals surface area contributed by atoms with E-state index in [0.29, 0.717) is 46.6 Å². The number of para-hydroxylation sites is 2. The van der Waals surface area contributed by atoms with E-state index in [4.69, 9.17) is 13.9 Å². The Balaban J connectivity index is 1.11.